The molecule has 0 atom stereocenters. The fourth-order valence-electron chi connectivity index (χ4n) is 2.06. The Morgan fingerprint density at radius 1 is 1.32 bits per heavy atom. The number of nitrogens with zero attached hydrogens (tertiary/aromatic N) is 3. The van der Waals surface area contributed by atoms with Gasteiger partial charge in [-0.2, -0.15) is 5.10 Å². The van der Waals surface area contributed by atoms with Crippen LogP contribution in [0.25, 0.3) is 0 Å². The third-order valence-electron chi connectivity index (χ3n) is 3.17. The summed E-state index contributed by atoms with van der Waals surface area (Å²) in [7, 11) is 1.92. The van der Waals surface area contributed by atoms with Crippen LogP contribution in [0.3, 0.4) is 0 Å². The molecule has 0 aliphatic carbocycles. The van der Waals surface area contributed by atoms with Gasteiger partial charge in [0, 0.05) is 31.4 Å². The molecule has 2 aromatic rings. The molecule has 2 N–H and O–H groups in total. The highest BCUT2D eigenvalue weighted by Crippen LogP contribution is 2.15. The minimum atomic E-state index is 0.557. The quantitative estimate of drug-likeness (QED) is 0.635. The molecule has 118 valence electrons. The van der Waals surface area contributed by atoms with E-state index < -0.39 is 0 Å². The summed E-state index contributed by atoms with van der Waals surface area (Å²) in [6, 6.07) is 7.77. The number of aromatic nitrogens is 2. The van der Waals surface area contributed by atoms with E-state index in [1.807, 2.05) is 55.3 Å². The molecule has 0 spiro atoms. The predicted octanol–water partition coefficient (Wildman–Crippen LogP) is 2.37. The first-order valence-corrected chi connectivity index (χ1v) is 7.80. The maximum Gasteiger partial charge on any atom is 0.191 e. The Morgan fingerprint density at radius 3 is 2.82 bits per heavy atom. The minimum Gasteiger partial charge on any atom is -0.357 e. The molecular formula is C16H22ClN5. The molecule has 0 amide bonds. The highest BCUT2D eigenvalue weighted by molar-refractivity contribution is 6.31. The lowest BCUT2D eigenvalue weighted by Gasteiger charge is -2.11. The van der Waals surface area contributed by atoms with Crippen molar-refractivity contribution in [2.75, 3.05) is 13.1 Å². The molecule has 5 nitrogen and oxygen atoms in total. The number of halogens is 1. The van der Waals surface area contributed by atoms with E-state index in [0.29, 0.717) is 6.54 Å². The van der Waals surface area contributed by atoms with Crippen LogP contribution in [-0.2, 0) is 20.0 Å². The second kappa shape index (κ2) is 8.44. The number of rotatable bonds is 6. The van der Waals surface area contributed by atoms with Crippen LogP contribution in [0.2, 0.25) is 5.02 Å². The highest BCUT2D eigenvalue weighted by Gasteiger charge is 2.01. The van der Waals surface area contributed by atoms with Crippen molar-refractivity contribution in [2.45, 2.75) is 19.9 Å². The van der Waals surface area contributed by atoms with Crippen LogP contribution in [0.5, 0.6) is 0 Å². The first-order valence-electron chi connectivity index (χ1n) is 7.42. The number of nitrogens with one attached hydrogen (secondary N) is 2. The van der Waals surface area contributed by atoms with Crippen molar-refractivity contribution >= 4 is 17.6 Å². The van der Waals surface area contributed by atoms with Crippen LogP contribution in [0.1, 0.15) is 18.1 Å². The molecule has 6 heteroatoms. The van der Waals surface area contributed by atoms with Crippen molar-refractivity contribution < 1.29 is 0 Å². The molecule has 0 saturated carbocycles. The molecule has 0 unspecified atom stereocenters. The number of benzene rings is 1. The average molecular weight is 320 g/mol. The van der Waals surface area contributed by atoms with Gasteiger partial charge >= 0.3 is 0 Å². The maximum atomic E-state index is 6.15. The molecule has 0 radical (unpaired) electrons. The van der Waals surface area contributed by atoms with Gasteiger partial charge in [0.25, 0.3) is 0 Å². The predicted molar refractivity (Wildman–Crippen MR) is 91.2 cm³/mol. The van der Waals surface area contributed by atoms with E-state index in [1.165, 1.54) is 5.56 Å². The fourth-order valence-corrected chi connectivity index (χ4v) is 2.25. The normalized spacial score (nSPS) is 11.5. The maximum absolute atomic E-state index is 6.15. The molecule has 0 fully saturated rings. The summed E-state index contributed by atoms with van der Waals surface area (Å²) in [5.74, 6) is 0.798. The van der Waals surface area contributed by atoms with Gasteiger partial charge in [-0.25, -0.2) is 4.99 Å². The minimum absolute atomic E-state index is 0.557. The zero-order valence-electron chi connectivity index (χ0n) is 13.0. The van der Waals surface area contributed by atoms with E-state index in [-0.39, 0.29) is 0 Å². The van der Waals surface area contributed by atoms with Crippen molar-refractivity contribution in [2.24, 2.45) is 12.0 Å². The van der Waals surface area contributed by atoms with Crippen molar-refractivity contribution in [3.63, 3.8) is 0 Å². The summed E-state index contributed by atoms with van der Waals surface area (Å²) in [5, 5.41) is 11.5. The molecule has 0 aliphatic heterocycles. The number of guanidine groups is 1. The topological polar surface area (TPSA) is 54.2 Å². The smallest absolute Gasteiger partial charge is 0.191 e. The van der Waals surface area contributed by atoms with E-state index in [1.54, 1.807) is 0 Å². The first kappa shape index (κ1) is 16.4. The Bertz CT molecular complexity index is 621. The van der Waals surface area contributed by atoms with Gasteiger partial charge in [-0.15, -0.1) is 0 Å². The van der Waals surface area contributed by atoms with E-state index in [2.05, 4.69) is 20.7 Å². The van der Waals surface area contributed by atoms with E-state index in [0.717, 1.165) is 36.1 Å². The van der Waals surface area contributed by atoms with Gasteiger partial charge in [0.05, 0.1) is 12.7 Å². The van der Waals surface area contributed by atoms with Crippen LogP contribution in [0.15, 0.2) is 41.7 Å². The Morgan fingerprint density at radius 2 is 2.14 bits per heavy atom. The van der Waals surface area contributed by atoms with Crippen LogP contribution in [-0.4, -0.2) is 28.8 Å². The van der Waals surface area contributed by atoms with Gasteiger partial charge in [-0.1, -0.05) is 29.8 Å². The molecule has 1 aromatic heterocycles. The molecule has 2 rings (SSSR count). The van der Waals surface area contributed by atoms with Gasteiger partial charge in [-0.05, 0) is 30.5 Å². The Balaban J connectivity index is 1.88. The summed E-state index contributed by atoms with van der Waals surface area (Å²) in [6.45, 7) is 4.23. The van der Waals surface area contributed by atoms with Gasteiger partial charge in [-0.3, -0.25) is 4.68 Å². The summed E-state index contributed by atoms with van der Waals surface area (Å²) in [5.41, 5.74) is 2.23. The molecule has 0 bridgehead atoms. The molecule has 1 heterocycles. The monoisotopic (exact) mass is 319 g/mol. The molecule has 22 heavy (non-hydrogen) atoms. The van der Waals surface area contributed by atoms with Gasteiger partial charge in [0.1, 0.15) is 0 Å². The summed E-state index contributed by atoms with van der Waals surface area (Å²) >= 11 is 6.15. The van der Waals surface area contributed by atoms with Crippen molar-refractivity contribution in [3.8, 4) is 0 Å². The molecule has 0 aliphatic rings. The zero-order valence-corrected chi connectivity index (χ0v) is 13.8. The van der Waals surface area contributed by atoms with Gasteiger partial charge in [0.15, 0.2) is 5.96 Å². The van der Waals surface area contributed by atoms with Gasteiger partial charge in [0.2, 0.25) is 0 Å². The van der Waals surface area contributed by atoms with E-state index >= 15 is 0 Å². The van der Waals surface area contributed by atoms with Gasteiger partial charge < -0.3 is 10.6 Å². The second-order valence-electron chi connectivity index (χ2n) is 4.99. The Hall–Kier alpha value is -2.01. The number of aliphatic imine (C=N–C) groups is 1. The number of hydrogen-bond acceptors (Lipinski definition) is 2. The second-order valence-corrected chi connectivity index (χ2v) is 5.39. The first-order chi connectivity index (χ1) is 10.7. The summed E-state index contributed by atoms with van der Waals surface area (Å²) < 4.78 is 1.81. The lowest BCUT2D eigenvalue weighted by Crippen LogP contribution is -2.38. The zero-order chi connectivity index (χ0) is 15.8. The van der Waals surface area contributed by atoms with Crippen molar-refractivity contribution in [1.82, 2.24) is 20.4 Å². The Labute approximate surface area is 136 Å². The fraction of sp³-hybridized carbons (Fsp3) is 0.375. The molecular weight excluding hydrogens is 298 g/mol. The third-order valence-corrected chi connectivity index (χ3v) is 3.54. The van der Waals surface area contributed by atoms with Crippen LogP contribution in [0, 0.1) is 0 Å². The molecule has 0 saturated heterocycles. The Kier molecular flexibility index (Phi) is 6.27. The van der Waals surface area contributed by atoms with Crippen LogP contribution in [0.4, 0.5) is 0 Å². The largest absolute Gasteiger partial charge is 0.357 e. The van der Waals surface area contributed by atoms with Crippen LogP contribution >= 0.6 is 11.6 Å². The number of aryl methyl sites for hydroxylation is 1. The average Bonchev–Trinajstić information content (AvgIpc) is 2.92. The molecule has 1 aromatic carbocycles. The lowest BCUT2D eigenvalue weighted by atomic mass is 10.2. The third kappa shape index (κ3) is 5.07. The van der Waals surface area contributed by atoms with Crippen molar-refractivity contribution in [3.05, 3.63) is 52.8 Å². The standard InChI is InChI=1S/C16H22ClN5/c1-3-18-16(19-9-8-13-10-21-22(2)12-13)20-11-14-6-4-5-7-15(14)17/h4-7,10,12H,3,8-9,11H2,1-2H3,(H2,18,19,20). The summed E-state index contributed by atoms with van der Waals surface area (Å²) in [4.78, 5) is 4.57. The number of hydrogen-bond donors (Lipinski definition) is 2. The summed E-state index contributed by atoms with van der Waals surface area (Å²) in [6.07, 6.45) is 4.81. The van der Waals surface area contributed by atoms with Crippen LogP contribution < -0.4 is 10.6 Å². The van der Waals surface area contributed by atoms with E-state index in [4.69, 9.17) is 11.6 Å². The van der Waals surface area contributed by atoms with Crippen molar-refractivity contribution in [1.29, 1.82) is 0 Å². The lowest BCUT2D eigenvalue weighted by molar-refractivity contribution is 0.765. The van der Waals surface area contributed by atoms with E-state index in [9.17, 15) is 0 Å². The SMILES string of the molecule is CCNC(=NCc1ccccc1Cl)NCCc1cnn(C)c1. The highest BCUT2D eigenvalue weighted by atomic mass is 35.5.